The highest BCUT2D eigenvalue weighted by atomic mass is 16.5. The molecule has 0 aromatic heterocycles. The first-order valence-corrected chi connectivity index (χ1v) is 7.29. The zero-order valence-corrected chi connectivity index (χ0v) is 12.5. The van der Waals surface area contributed by atoms with Gasteiger partial charge < -0.3 is 9.64 Å². The third-order valence-electron chi connectivity index (χ3n) is 3.87. The number of aliphatic imine (C=N–C) groups is 1. The highest BCUT2D eigenvalue weighted by Crippen LogP contribution is 2.29. The average Bonchev–Trinajstić information content (AvgIpc) is 2.54. The predicted molar refractivity (Wildman–Crippen MR) is 89.1 cm³/mol. The van der Waals surface area contributed by atoms with Crippen LogP contribution in [0.1, 0.15) is 12.0 Å². The summed E-state index contributed by atoms with van der Waals surface area (Å²) in [5.41, 5.74) is 1.19. The molecule has 3 nitrogen and oxygen atoms in total. The van der Waals surface area contributed by atoms with E-state index in [-0.39, 0.29) is 0 Å². The van der Waals surface area contributed by atoms with Gasteiger partial charge in [-0.25, -0.2) is 0 Å². The Morgan fingerprint density at radius 1 is 1.10 bits per heavy atom. The fourth-order valence-corrected chi connectivity index (χ4v) is 2.70. The Kier molecular flexibility index (Phi) is 3.91. The predicted octanol–water partition coefficient (Wildman–Crippen LogP) is 3.60. The van der Waals surface area contributed by atoms with Gasteiger partial charge in [-0.1, -0.05) is 36.4 Å². The van der Waals surface area contributed by atoms with Crippen molar-refractivity contribution >= 4 is 22.7 Å². The van der Waals surface area contributed by atoms with Gasteiger partial charge in [-0.3, -0.25) is 4.99 Å². The number of amidine groups is 1. The van der Waals surface area contributed by atoms with Crippen LogP contribution in [-0.4, -0.2) is 38.0 Å². The molecule has 0 saturated heterocycles. The molecule has 0 amide bonds. The Morgan fingerprint density at radius 3 is 2.67 bits per heavy atom. The van der Waals surface area contributed by atoms with E-state index in [1.165, 1.54) is 10.9 Å². The summed E-state index contributed by atoms with van der Waals surface area (Å²) in [6, 6.07) is 12.4. The number of fused-ring (bicyclic) bond motifs is 1. The van der Waals surface area contributed by atoms with E-state index in [0.717, 1.165) is 36.5 Å². The van der Waals surface area contributed by atoms with E-state index < -0.39 is 0 Å². The van der Waals surface area contributed by atoms with Gasteiger partial charge in [0, 0.05) is 25.5 Å². The summed E-state index contributed by atoms with van der Waals surface area (Å²) in [5, 5.41) is 2.34. The van der Waals surface area contributed by atoms with E-state index in [0.29, 0.717) is 0 Å². The standard InChI is InChI=1S/C18H20N2O/c1-20-13-5-12-19-18(20)11-9-14-8-10-17(21-2)16-7-4-3-6-15(14)16/h3-4,6-11H,5,12-13H2,1-2H3/b11-9-. The van der Waals surface area contributed by atoms with Crippen molar-refractivity contribution < 1.29 is 4.74 Å². The van der Waals surface area contributed by atoms with Crippen molar-refractivity contribution in [3.63, 3.8) is 0 Å². The lowest BCUT2D eigenvalue weighted by molar-refractivity contribution is 0.420. The maximum absolute atomic E-state index is 5.44. The SMILES string of the molecule is COc1ccc(/C=C\C2=NCCCN2C)c2ccccc12. The van der Waals surface area contributed by atoms with E-state index in [2.05, 4.69) is 53.4 Å². The molecule has 0 unspecified atom stereocenters. The molecule has 2 aromatic rings. The average molecular weight is 280 g/mol. The van der Waals surface area contributed by atoms with Crippen molar-refractivity contribution in [1.82, 2.24) is 4.90 Å². The number of hydrogen-bond acceptors (Lipinski definition) is 3. The van der Waals surface area contributed by atoms with Crippen molar-refractivity contribution in [1.29, 1.82) is 0 Å². The van der Waals surface area contributed by atoms with Gasteiger partial charge in [-0.2, -0.15) is 0 Å². The molecule has 0 atom stereocenters. The van der Waals surface area contributed by atoms with Gasteiger partial charge in [0.05, 0.1) is 7.11 Å². The van der Waals surface area contributed by atoms with Crippen LogP contribution in [0.2, 0.25) is 0 Å². The Hall–Kier alpha value is -2.29. The summed E-state index contributed by atoms with van der Waals surface area (Å²) in [4.78, 5) is 6.77. The second-order valence-corrected chi connectivity index (χ2v) is 5.25. The molecule has 0 N–H and O–H groups in total. The molecule has 1 aliphatic rings. The third-order valence-corrected chi connectivity index (χ3v) is 3.87. The van der Waals surface area contributed by atoms with Crippen LogP contribution in [0.3, 0.4) is 0 Å². The molecule has 2 aromatic carbocycles. The summed E-state index contributed by atoms with van der Waals surface area (Å²) < 4.78 is 5.44. The monoisotopic (exact) mass is 280 g/mol. The molecule has 3 rings (SSSR count). The fraction of sp³-hybridized carbons (Fsp3) is 0.278. The van der Waals surface area contributed by atoms with E-state index >= 15 is 0 Å². The molecule has 108 valence electrons. The molecule has 1 aliphatic heterocycles. The van der Waals surface area contributed by atoms with Crippen LogP contribution in [0.5, 0.6) is 5.75 Å². The van der Waals surface area contributed by atoms with Crippen LogP contribution >= 0.6 is 0 Å². The maximum Gasteiger partial charge on any atom is 0.126 e. The zero-order valence-electron chi connectivity index (χ0n) is 12.5. The van der Waals surface area contributed by atoms with Crippen LogP contribution in [0.4, 0.5) is 0 Å². The molecular formula is C18H20N2O. The van der Waals surface area contributed by atoms with Gasteiger partial charge in [-0.15, -0.1) is 0 Å². The molecule has 0 saturated carbocycles. The Bertz CT molecular complexity index is 703. The Morgan fingerprint density at radius 2 is 1.90 bits per heavy atom. The van der Waals surface area contributed by atoms with Gasteiger partial charge >= 0.3 is 0 Å². The number of methoxy groups -OCH3 is 1. The van der Waals surface area contributed by atoms with Crippen molar-refractivity contribution in [2.75, 3.05) is 27.2 Å². The Balaban J connectivity index is 2.00. The Labute approximate surface area is 125 Å². The first-order chi connectivity index (χ1) is 10.3. The van der Waals surface area contributed by atoms with Crippen molar-refractivity contribution in [3.05, 3.63) is 48.0 Å². The minimum atomic E-state index is 0.912. The smallest absolute Gasteiger partial charge is 0.126 e. The van der Waals surface area contributed by atoms with Crippen LogP contribution < -0.4 is 4.74 Å². The number of benzene rings is 2. The van der Waals surface area contributed by atoms with Crippen LogP contribution in [0.15, 0.2) is 47.5 Å². The van der Waals surface area contributed by atoms with Gasteiger partial charge in [-0.05, 0) is 29.5 Å². The van der Waals surface area contributed by atoms with Crippen LogP contribution in [0, 0.1) is 0 Å². The number of rotatable bonds is 3. The number of nitrogens with zero attached hydrogens (tertiary/aromatic N) is 2. The maximum atomic E-state index is 5.44. The van der Waals surface area contributed by atoms with Crippen molar-refractivity contribution in [3.8, 4) is 5.75 Å². The second-order valence-electron chi connectivity index (χ2n) is 5.25. The lowest BCUT2D eigenvalue weighted by atomic mass is 10.0. The molecule has 3 heteroatoms. The van der Waals surface area contributed by atoms with E-state index in [1.807, 2.05) is 12.1 Å². The molecule has 0 bridgehead atoms. The number of ether oxygens (including phenoxy) is 1. The van der Waals surface area contributed by atoms with Gasteiger partial charge in [0.2, 0.25) is 0 Å². The summed E-state index contributed by atoms with van der Waals surface area (Å²) >= 11 is 0. The summed E-state index contributed by atoms with van der Waals surface area (Å²) in [6.07, 6.45) is 5.38. The summed E-state index contributed by atoms with van der Waals surface area (Å²) in [5.74, 6) is 1.97. The van der Waals surface area contributed by atoms with Crippen molar-refractivity contribution in [2.24, 2.45) is 4.99 Å². The first-order valence-electron chi connectivity index (χ1n) is 7.29. The lowest BCUT2D eigenvalue weighted by Crippen LogP contribution is -2.30. The van der Waals surface area contributed by atoms with Gasteiger partial charge in [0.15, 0.2) is 0 Å². The highest BCUT2D eigenvalue weighted by molar-refractivity contribution is 6.00. The van der Waals surface area contributed by atoms with Gasteiger partial charge in [0.1, 0.15) is 11.6 Å². The minimum absolute atomic E-state index is 0.912. The van der Waals surface area contributed by atoms with E-state index in [9.17, 15) is 0 Å². The lowest BCUT2D eigenvalue weighted by Gasteiger charge is -2.22. The molecule has 1 heterocycles. The first kappa shape index (κ1) is 13.7. The minimum Gasteiger partial charge on any atom is -0.496 e. The fourth-order valence-electron chi connectivity index (χ4n) is 2.70. The number of hydrogen-bond donors (Lipinski definition) is 0. The highest BCUT2D eigenvalue weighted by Gasteiger charge is 2.08. The van der Waals surface area contributed by atoms with Crippen molar-refractivity contribution in [2.45, 2.75) is 6.42 Å². The van der Waals surface area contributed by atoms with Crippen LogP contribution in [0.25, 0.3) is 16.8 Å². The summed E-state index contributed by atoms with van der Waals surface area (Å²) in [6.45, 7) is 2.00. The molecule has 21 heavy (non-hydrogen) atoms. The molecule has 0 spiro atoms. The molecule has 0 radical (unpaired) electrons. The quantitative estimate of drug-likeness (QED) is 0.858. The molecule has 0 aliphatic carbocycles. The van der Waals surface area contributed by atoms with E-state index in [4.69, 9.17) is 4.74 Å². The molecule has 0 fully saturated rings. The molecular weight excluding hydrogens is 260 g/mol. The zero-order chi connectivity index (χ0) is 14.7. The largest absolute Gasteiger partial charge is 0.496 e. The summed E-state index contributed by atoms with van der Waals surface area (Å²) in [7, 11) is 3.80. The van der Waals surface area contributed by atoms with E-state index in [1.54, 1.807) is 7.11 Å². The van der Waals surface area contributed by atoms with Crippen LogP contribution in [-0.2, 0) is 0 Å². The normalized spacial score (nSPS) is 15.5. The topological polar surface area (TPSA) is 24.8 Å². The number of likely N-dealkylation sites (N-methyl/N-ethyl adjacent to an activating group) is 1. The second kappa shape index (κ2) is 6.00. The third kappa shape index (κ3) is 2.77. The van der Waals surface area contributed by atoms with Gasteiger partial charge in [0.25, 0.3) is 0 Å².